The van der Waals surface area contributed by atoms with Crippen LogP contribution in [0.2, 0.25) is 0 Å². The number of rotatable bonds is 12. The van der Waals surface area contributed by atoms with Gasteiger partial charge in [0.25, 0.3) is 0 Å². The molecule has 2 saturated heterocycles. The number of nitrogens with one attached hydrogen (secondary N) is 1. The number of ether oxygens (including phenoxy) is 1. The molecule has 0 saturated carbocycles. The Labute approximate surface area is 263 Å². The summed E-state index contributed by atoms with van der Waals surface area (Å²) in [6.45, 7) is 5.48. The topological polar surface area (TPSA) is 79.0 Å². The third kappa shape index (κ3) is 7.09. The zero-order valence-electron chi connectivity index (χ0n) is 26.1. The van der Waals surface area contributed by atoms with E-state index in [1.165, 1.54) is 11.6 Å². The third-order valence-corrected chi connectivity index (χ3v) is 11.6. The first-order chi connectivity index (χ1) is 21.3. The molecule has 0 amide bonds. The molecule has 5 unspecified atom stereocenters. The van der Waals surface area contributed by atoms with E-state index in [-0.39, 0.29) is 18.7 Å². The second kappa shape index (κ2) is 14.8. The number of anilines is 1. The number of piperidine rings is 1. The van der Waals surface area contributed by atoms with Crippen molar-refractivity contribution in [2.24, 2.45) is 0 Å². The number of nitrogens with zero attached hydrogens (tertiary/aromatic N) is 2. The minimum atomic E-state index is -3.92. The van der Waals surface area contributed by atoms with Crippen molar-refractivity contribution in [3.8, 4) is 0 Å². The van der Waals surface area contributed by atoms with Crippen LogP contribution in [0, 0.1) is 0 Å². The van der Waals surface area contributed by atoms with Crippen LogP contribution in [-0.2, 0) is 19.4 Å². The fourth-order valence-electron chi connectivity index (χ4n) is 6.92. The van der Waals surface area contributed by atoms with Gasteiger partial charge in [0, 0.05) is 31.9 Å². The molecule has 3 aromatic rings. The van der Waals surface area contributed by atoms with Gasteiger partial charge in [-0.05, 0) is 72.8 Å². The predicted molar refractivity (Wildman–Crippen MR) is 180 cm³/mol. The van der Waals surface area contributed by atoms with Crippen LogP contribution in [0.25, 0.3) is 10.8 Å². The van der Waals surface area contributed by atoms with E-state index in [1.54, 1.807) is 0 Å². The highest BCUT2D eigenvalue weighted by atomic mass is 32.2. The van der Waals surface area contributed by atoms with Gasteiger partial charge in [0.15, 0.2) is 15.3 Å². The highest BCUT2D eigenvalue weighted by Crippen LogP contribution is 2.36. The Hall–Kier alpha value is -3.04. The van der Waals surface area contributed by atoms with E-state index in [1.807, 2.05) is 56.6 Å². The van der Waals surface area contributed by atoms with Crippen molar-refractivity contribution in [1.29, 1.82) is 0 Å². The smallest absolute Gasteiger partial charge is 0.189 e. The van der Waals surface area contributed by atoms with Crippen molar-refractivity contribution in [3.05, 3.63) is 90.5 Å². The number of benzene rings is 3. The molecule has 2 aliphatic heterocycles. The molecule has 7 nitrogen and oxygen atoms in total. The van der Waals surface area contributed by atoms with Gasteiger partial charge in [0.1, 0.15) is 11.5 Å². The van der Waals surface area contributed by atoms with Gasteiger partial charge in [-0.3, -0.25) is 4.90 Å². The lowest BCUT2D eigenvalue weighted by molar-refractivity contribution is -0.116. The number of aldehydes is 1. The molecule has 3 aromatic carbocycles. The third-order valence-electron chi connectivity index (χ3n) is 9.30. The molecule has 8 heteroatoms. The van der Waals surface area contributed by atoms with E-state index < -0.39 is 26.6 Å². The Balaban J connectivity index is 1.44. The summed E-state index contributed by atoms with van der Waals surface area (Å²) in [5.41, 5.74) is 1.88. The van der Waals surface area contributed by atoms with Crippen molar-refractivity contribution >= 4 is 32.6 Å². The van der Waals surface area contributed by atoms with Crippen LogP contribution in [0.4, 0.5) is 5.69 Å². The molecule has 236 valence electrons. The number of carbonyl (C=O) groups excluding carboxylic acids is 1. The Morgan fingerprint density at radius 3 is 2.43 bits per heavy atom. The number of hydrogen-bond acceptors (Lipinski definition) is 7. The highest BCUT2D eigenvalue weighted by molar-refractivity contribution is 7.92. The summed E-state index contributed by atoms with van der Waals surface area (Å²) in [7, 11) is 0.127. The molecule has 0 spiro atoms. The number of carbonyl (C=O) groups is 1. The molecule has 44 heavy (non-hydrogen) atoms. The predicted octanol–water partition coefficient (Wildman–Crippen LogP) is 6.22. The van der Waals surface area contributed by atoms with Gasteiger partial charge in [0.05, 0.1) is 12.6 Å². The second-order valence-corrected chi connectivity index (χ2v) is 14.5. The van der Waals surface area contributed by atoms with Gasteiger partial charge in [-0.15, -0.1) is 6.58 Å². The van der Waals surface area contributed by atoms with Crippen LogP contribution in [-0.4, -0.2) is 70.9 Å². The fraction of sp³-hybridized carbons (Fsp3) is 0.472. The summed E-state index contributed by atoms with van der Waals surface area (Å²) >= 11 is 0. The largest absolute Gasteiger partial charge is 0.378 e. The van der Waals surface area contributed by atoms with Crippen molar-refractivity contribution in [2.75, 3.05) is 38.7 Å². The Bertz CT molecular complexity index is 1500. The van der Waals surface area contributed by atoms with Crippen molar-refractivity contribution in [3.63, 3.8) is 0 Å². The molecule has 0 aromatic heterocycles. The molecule has 0 aliphatic carbocycles. The number of hydrogen-bond donors (Lipinski definition) is 1. The SMILES string of the molecule is C=CC(c1cccc2ccccc12)S(=O)(=O)C(OCC(C=O)N1CCCCCC1c1ccc(N(C)C)cc1)C1CCCCN1. The van der Waals surface area contributed by atoms with Crippen molar-refractivity contribution in [2.45, 2.75) is 73.8 Å². The minimum absolute atomic E-state index is 0.0112. The lowest BCUT2D eigenvalue weighted by Crippen LogP contribution is -2.51. The molecule has 2 fully saturated rings. The van der Waals surface area contributed by atoms with Crippen LogP contribution < -0.4 is 10.2 Å². The lowest BCUT2D eigenvalue weighted by atomic mass is 9.99. The second-order valence-electron chi connectivity index (χ2n) is 12.4. The number of fused-ring (bicyclic) bond motifs is 1. The molecule has 5 atom stereocenters. The summed E-state index contributed by atoms with van der Waals surface area (Å²) in [5, 5.41) is 4.35. The summed E-state index contributed by atoms with van der Waals surface area (Å²) in [6.07, 6.45) is 9.20. The van der Waals surface area contributed by atoms with E-state index in [0.29, 0.717) is 12.0 Å². The monoisotopic (exact) mass is 617 g/mol. The summed E-state index contributed by atoms with van der Waals surface area (Å²) < 4.78 is 35.6. The highest BCUT2D eigenvalue weighted by Gasteiger charge is 2.41. The van der Waals surface area contributed by atoms with Gasteiger partial charge in [-0.2, -0.15) is 0 Å². The molecule has 1 N–H and O–H groups in total. The molecule has 2 aliphatic rings. The van der Waals surface area contributed by atoms with E-state index in [4.69, 9.17) is 4.74 Å². The van der Waals surface area contributed by atoms with Gasteiger partial charge >= 0.3 is 0 Å². The minimum Gasteiger partial charge on any atom is -0.378 e. The van der Waals surface area contributed by atoms with Gasteiger partial charge < -0.3 is 19.7 Å². The Kier molecular flexibility index (Phi) is 10.9. The lowest BCUT2D eigenvalue weighted by Gasteiger charge is -2.37. The standard InChI is InChI=1S/C36H47N3O4S/c1-4-35(32-16-12-14-27-13-7-8-15-31(27)32)44(41,42)36(33-17-9-10-23-37-33)43-26-30(25-40)39-24-11-5-6-18-34(39)28-19-21-29(22-20-28)38(2)3/h4,7-8,12-16,19-22,25,30,33-37H,1,5-6,9-11,17-18,23-24,26H2,2-3H3. The summed E-state index contributed by atoms with van der Waals surface area (Å²) in [6, 6.07) is 21.2. The fourth-order valence-corrected chi connectivity index (χ4v) is 8.99. The molecule has 2 heterocycles. The van der Waals surface area contributed by atoms with E-state index in [2.05, 4.69) is 46.0 Å². The summed E-state index contributed by atoms with van der Waals surface area (Å²) in [4.78, 5) is 17.0. The van der Waals surface area contributed by atoms with Crippen molar-refractivity contribution in [1.82, 2.24) is 10.2 Å². The van der Waals surface area contributed by atoms with Crippen molar-refractivity contribution < 1.29 is 17.9 Å². The van der Waals surface area contributed by atoms with Crippen LogP contribution in [0.5, 0.6) is 0 Å². The Morgan fingerprint density at radius 1 is 0.977 bits per heavy atom. The zero-order chi connectivity index (χ0) is 31.1. The average molecular weight is 618 g/mol. The number of likely N-dealkylation sites (tertiary alicyclic amines) is 1. The molecule has 0 radical (unpaired) electrons. The van der Waals surface area contributed by atoms with E-state index in [0.717, 1.165) is 74.4 Å². The van der Waals surface area contributed by atoms with Crippen LogP contribution in [0.3, 0.4) is 0 Å². The maximum atomic E-state index is 14.6. The van der Waals surface area contributed by atoms with Gasteiger partial charge in [-0.1, -0.05) is 79.9 Å². The quantitative estimate of drug-likeness (QED) is 0.191. The Morgan fingerprint density at radius 2 is 1.73 bits per heavy atom. The van der Waals surface area contributed by atoms with Gasteiger partial charge in [-0.25, -0.2) is 8.42 Å². The van der Waals surface area contributed by atoms with E-state index >= 15 is 0 Å². The molecular formula is C36H47N3O4S. The molecule has 5 rings (SSSR count). The molecule has 0 bridgehead atoms. The first-order valence-corrected chi connectivity index (χ1v) is 17.6. The average Bonchev–Trinajstić information content (AvgIpc) is 3.30. The van der Waals surface area contributed by atoms with E-state index in [9.17, 15) is 13.2 Å². The van der Waals surface area contributed by atoms with Crippen LogP contribution in [0.1, 0.15) is 67.4 Å². The summed E-state index contributed by atoms with van der Waals surface area (Å²) in [5.74, 6) is 0. The normalized spacial score (nSPS) is 22.0. The first kappa shape index (κ1) is 32.4. The maximum Gasteiger partial charge on any atom is 0.189 e. The zero-order valence-corrected chi connectivity index (χ0v) is 26.9. The maximum absolute atomic E-state index is 14.6. The van der Waals surface area contributed by atoms with Gasteiger partial charge in [0.2, 0.25) is 0 Å². The number of sulfone groups is 1. The molecular weight excluding hydrogens is 570 g/mol. The van der Waals surface area contributed by atoms with Crippen LogP contribution in [0.15, 0.2) is 79.4 Å². The van der Waals surface area contributed by atoms with Crippen LogP contribution >= 0.6 is 0 Å². The first-order valence-electron chi connectivity index (χ1n) is 16.0.